The molecule has 11 heteroatoms. The Labute approximate surface area is 234 Å². The first-order valence-corrected chi connectivity index (χ1v) is 13.4. The van der Waals surface area contributed by atoms with Crippen molar-refractivity contribution in [2.24, 2.45) is 5.73 Å². The van der Waals surface area contributed by atoms with Gasteiger partial charge in [0.2, 0.25) is 5.95 Å². The molecule has 11 nitrogen and oxygen atoms in total. The SMILES string of the molecule is CCN(CC)c1ncc([C@@](C)(N)c2ccc(C)cc2)cn1.C[C@@H](O)Cn1cc(-c2cc3c(N)ncnn3c2)cn1. The molecule has 0 bridgehead atoms. The Balaban J connectivity index is 0.000000186. The minimum atomic E-state index is -0.588. The molecule has 0 radical (unpaired) electrons. The number of nitrogen functional groups attached to an aromatic ring is 1. The number of anilines is 2. The molecule has 5 N–H and O–H groups in total. The van der Waals surface area contributed by atoms with Gasteiger partial charge in [-0.25, -0.2) is 19.5 Å². The van der Waals surface area contributed by atoms with Gasteiger partial charge in [0.25, 0.3) is 0 Å². The van der Waals surface area contributed by atoms with Crippen molar-refractivity contribution in [3.63, 3.8) is 0 Å². The maximum Gasteiger partial charge on any atom is 0.225 e. The van der Waals surface area contributed by atoms with Gasteiger partial charge < -0.3 is 21.5 Å². The highest BCUT2D eigenvalue weighted by atomic mass is 16.3. The normalized spacial score (nSPS) is 13.4. The summed E-state index contributed by atoms with van der Waals surface area (Å²) in [5, 5.41) is 17.6. The molecule has 4 heterocycles. The average molecular weight is 543 g/mol. The van der Waals surface area contributed by atoms with Crippen molar-refractivity contribution in [2.45, 2.75) is 52.8 Å². The number of nitrogens with zero attached hydrogens (tertiary/aromatic N) is 8. The van der Waals surface area contributed by atoms with Crippen LogP contribution in [0.1, 0.15) is 44.4 Å². The van der Waals surface area contributed by atoms with E-state index in [2.05, 4.69) is 75.1 Å². The summed E-state index contributed by atoms with van der Waals surface area (Å²) in [6.07, 6.45) is 10.2. The topological polar surface area (TPSA) is 149 Å². The second-order valence-electron chi connectivity index (χ2n) is 10.0. The molecule has 2 atom stereocenters. The van der Waals surface area contributed by atoms with Crippen molar-refractivity contribution < 1.29 is 5.11 Å². The number of aromatic nitrogens is 7. The number of aryl methyl sites for hydroxylation is 1. The molecular formula is C29H38N10O. The number of nitrogens with two attached hydrogens (primary N) is 2. The van der Waals surface area contributed by atoms with Crippen LogP contribution in [0.3, 0.4) is 0 Å². The van der Waals surface area contributed by atoms with E-state index in [0.29, 0.717) is 12.4 Å². The number of hydrogen-bond donors (Lipinski definition) is 3. The van der Waals surface area contributed by atoms with Gasteiger partial charge in [-0.2, -0.15) is 10.2 Å². The van der Waals surface area contributed by atoms with Gasteiger partial charge in [-0.1, -0.05) is 29.8 Å². The van der Waals surface area contributed by atoms with Gasteiger partial charge in [-0.05, 0) is 46.2 Å². The van der Waals surface area contributed by atoms with E-state index in [1.54, 1.807) is 22.3 Å². The zero-order valence-electron chi connectivity index (χ0n) is 23.7. The van der Waals surface area contributed by atoms with Crippen LogP contribution in [0, 0.1) is 6.92 Å². The number of rotatable bonds is 8. The molecule has 210 valence electrons. The van der Waals surface area contributed by atoms with Crippen molar-refractivity contribution in [1.82, 2.24) is 34.3 Å². The smallest absolute Gasteiger partial charge is 0.225 e. The van der Waals surface area contributed by atoms with Crippen LogP contribution in [-0.4, -0.2) is 58.6 Å². The van der Waals surface area contributed by atoms with E-state index < -0.39 is 11.6 Å². The van der Waals surface area contributed by atoms with E-state index in [4.69, 9.17) is 11.5 Å². The van der Waals surface area contributed by atoms with Crippen LogP contribution in [-0.2, 0) is 12.1 Å². The number of fused-ring (bicyclic) bond motifs is 1. The van der Waals surface area contributed by atoms with Gasteiger partial charge in [-0.3, -0.25) is 4.68 Å². The van der Waals surface area contributed by atoms with Crippen molar-refractivity contribution in [3.8, 4) is 11.1 Å². The largest absolute Gasteiger partial charge is 0.391 e. The van der Waals surface area contributed by atoms with Gasteiger partial charge in [0.05, 0.1) is 24.4 Å². The Morgan fingerprint density at radius 2 is 1.62 bits per heavy atom. The number of aliphatic hydroxyl groups is 1. The fraction of sp³-hybridized carbons (Fsp3) is 0.345. The van der Waals surface area contributed by atoms with Crippen molar-refractivity contribution in [1.29, 1.82) is 0 Å². The molecule has 4 aromatic heterocycles. The number of hydrogen-bond acceptors (Lipinski definition) is 9. The summed E-state index contributed by atoms with van der Waals surface area (Å²) in [6, 6.07) is 10.2. The van der Waals surface area contributed by atoms with E-state index in [1.807, 2.05) is 37.8 Å². The third kappa shape index (κ3) is 6.44. The fourth-order valence-electron chi connectivity index (χ4n) is 4.32. The van der Waals surface area contributed by atoms with Gasteiger partial charge in [0, 0.05) is 54.6 Å². The van der Waals surface area contributed by atoms with Crippen LogP contribution in [0.25, 0.3) is 16.6 Å². The van der Waals surface area contributed by atoms with Crippen LogP contribution in [0.15, 0.2) is 67.6 Å². The van der Waals surface area contributed by atoms with E-state index in [0.717, 1.165) is 46.8 Å². The number of benzene rings is 1. The van der Waals surface area contributed by atoms with Crippen LogP contribution in [0.5, 0.6) is 0 Å². The maximum atomic E-state index is 9.34. The van der Waals surface area contributed by atoms with Crippen molar-refractivity contribution >= 4 is 17.3 Å². The number of aliphatic hydroxyl groups excluding tert-OH is 1. The van der Waals surface area contributed by atoms with Crippen molar-refractivity contribution in [3.05, 3.63) is 84.3 Å². The molecule has 0 aliphatic rings. The highest BCUT2D eigenvalue weighted by Gasteiger charge is 2.24. The summed E-state index contributed by atoms with van der Waals surface area (Å²) in [5.41, 5.74) is 17.6. The van der Waals surface area contributed by atoms with Gasteiger partial charge >= 0.3 is 0 Å². The molecule has 5 aromatic rings. The summed E-state index contributed by atoms with van der Waals surface area (Å²) < 4.78 is 3.39. The Hall–Kier alpha value is -4.35. The molecule has 0 aliphatic carbocycles. The maximum absolute atomic E-state index is 9.34. The fourth-order valence-corrected chi connectivity index (χ4v) is 4.32. The zero-order valence-corrected chi connectivity index (χ0v) is 23.7. The van der Waals surface area contributed by atoms with Crippen LogP contribution in [0.2, 0.25) is 0 Å². The van der Waals surface area contributed by atoms with Crippen LogP contribution in [0.4, 0.5) is 11.8 Å². The second kappa shape index (κ2) is 12.2. The summed E-state index contributed by atoms with van der Waals surface area (Å²) in [7, 11) is 0. The second-order valence-corrected chi connectivity index (χ2v) is 10.0. The Bertz CT molecular complexity index is 1520. The lowest BCUT2D eigenvalue weighted by atomic mass is 9.87. The molecule has 0 fully saturated rings. The molecule has 1 aromatic carbocycles. The summed E-state index contributed by atoms with van der Waals surface area (Å²) in [5.74, 6) is 1.20. The van der Waals surface area contributed by atoms with Crippen LogP contribution < -0.4 is 16.4 Å². The lowest BCUT2D eigenvalue weighted by Crippen LogP contribution is -2.35. The predicted octanol–water partition coefficient (Wildman–Crippen LogP) is 3.41. The first-order valence-electron chi connectivity index (χ1n) is 13.4. The third-order valence-electron chi connectivity index (χ3n) is 6.79. The molecule has 0 aliphatic heterocycles. The van der Waals surface area contributed by atoms with E-state index in [9.17, 15) is 5.11 Å². The Kier molecular flexibility index (Phi) is 8.76. The van der Waals surface area contributed by atoms with Gasteiger partial charge in [0.15, 0.2) is 5.82 Å². The molecule has 5 rings (SSSR count). The molecule has 0 amide bonds. The molecule has 40 heavy (non-hydrogen) atoms. The quantitative estimate of drug-likeness (QED) is 0.268. The lowest BCUT2D eigenvalue weighted by molar-refractivity contribution is 0.168. The van der Waals surface area contributed by atoms with Gasteiger partial charge in [-0.15, -0.1) is 0 Å². The Morgan fingerprint density at radius 3 is 2.23 bits per heavy atom. The Morgan fingerprint density at radius 1 is 0.950 bits per heavy atom. The first-order chi connectivity index (χ1) is 19.1. The summed E-state index contributed by atoms with van der Waals surface area (Å²) in [6.45, 7) is 12.2. The average Bonchev–Trinajstić information content (AvgIpc) is 3.58. The standard InChI is InChI=1S/C17H24N4.C12H14N6O/c1-5-21(6-2)16-19-11-15(12-20-16)17(4,18)14-9-7-13(3)8-10-14;1-8(19)4-17-5-10(3-15-17)9-2-11-12(13)14-7-16-18(11)6-9/h7-12H,5-6,18H2,1-4H3;2-3,5-8,19H,4H2,1H3,(H2,13,14,16)/t17-;8-/m01/s1. The molecular weight excluding hydrogens is 504 g/mol. The zero-order chi connectivity index (χ0) is 28.9. The summed E-state index contributed by atoms with van der Waals surface area (Å²) >= 11 is 0. The molecule has 0 saturated carbocycles. The minimum absolute atomic E-state index is 0.428. The molecule has 0 spiro atoms. The minimum Gasteiger partial charge on any atom is -0.391 e. The van der Waals surface area contributed by atoms with E-state index in [-0.39, 0.29) is 0 Å². The van der Waals surface area contributed by atoms with Crippen molar-refractivity contribution in [2.75, 3.05) is 23.7 Å². The van der Waals surface area contributed by atoms with E-state index in [1.165, 1.54) is 11.9 Å². The predicted molar refractivity (Wildman–Crippen MR) is 158 cm³/mol. The monoisotopic (exact) mass is 542 g/mol. The third-order valence-corrected chi connectivity index (χ3v) is 6.79. The lowest BCUT2D eigenvalue weighted by Gasteiger charge is -2.26. The highest BCUT2D eigenvalue weighted by Crippen LogP contribution is 2.26. The molecule has 0 saturated heterocycles. The highest BCUT2D eigenvalue weighted by molar-refractivity contribution is 5.75. The first kappa shape index (κ1) is 28.7. The summed E-state index contributed by atoms with van der Waals surface area (Å²) in [4.78, 5) is 15.0. The van der Waals surface area contributed by atoms with Crippen LogP contribution >= 0.6 is 0 Å². The van der Waals surface area contributed by atoms with E-state index >= 15 is 0 Å². The molecule has 0 unspecified atom stereocenters. The van der Waals surface area contributed by atoms with Gasteiger partial charge in [0.1, 0.15) is 11.8 Å².